The second-order valence-electron chi connectivity index (χ2n) is 5.60. The highest BCUT2D eigenvalue weighted by Gasteiger charge is 2.25. The van der Waals surface area contributed by atoms with Gasteiger partial charge in [-0.15, -0.1) is 0 Å². The molecule has 2 aromatic heterocycles. The number of nitrogens with zero attached hydrogens (tertiary/aromatic N) is 5. The van der Waals surface area contributed by atoms with E-state index in [2.05, 4.69) is 36.0 Å². The van der Waals surface area contributed by atoms with Crippen LogP contribution in [0.4, 0.5) is 5.13 Å². The molecular formula is C14H20N6OS. The molecule has 118 valence electrons. The minimum Gasteiger partial charge on any atom is -0.344 e. The largest absolute Gasteiger partial charge is 0.344 e. The third-order valence-electron chi connectivity index (χ3n) is 3.93. The molecule has 1 fully saturated rings. The van der Waals surface area contributed by atoms with E-state index in [4.69, 9.17) is 0 Å². The van der Waals surface area contributed by atoms with Crippen LogP contribution in [0.2, 0.25) is 0 Å². The van der Waals surface area contributed by atoms with Crippen molar-refractivity contribution in [1.82, 2.24) is 24.2 Å². The average Bonchev–Trinajstić information content (AvgIpc) is 2.92. The van der Waals surface area contributed by atoms with E-state index >= 15 is 0 Å². The molecule has 0 unspecified atom stereocenters. The second-order valence-corrected chi connectivity index (χ2v) is 6.33. The highest BCUT2D eigenvalue weighted by Crippen LogP contribution is 2.22. The van der Waals surface area contributed by atoms with Crippen LogP contribution in [0.25, 0.3) is 0 Å². The molecule has 7 nitrogen and oxygen atoms in total. The average molecular weight is 320 g/mol. The molecule has 0 amide bonds. The van der Waals surface area contributed by atoms with Crippen molar-refractivity contribution in [2.75, 3.05) is 31.1 Å². The van der Waals surface area contributed by atoms with Crippen molar-refractivity contribution >= 4 is 16.7 Å². The van der Waals surface area contributed by atoms with Gasteiger partial charge in [0.25, 0.3) is 5.56 Å². The lowest BCUT2D eigenvalue weighted by Gasteiger charge is -2.37. The minimum absolute atomic E-state index is 0.0858. The molecule has 3 rings (SSSR count). The molecule has 3 heterocycles. The topological polar surface area (TPSA) is 78.0 Å². The van der Waals surface area contributed by atoms with Gasteiger partial charge in [0.2, 0.25) is 5.13 Å². The number of anilines is 1. The Balaban J connectivity index is 1.66. The minimum atomic E-state index is -0.0858. The van der Waals surface area contributed by atoms with Crippen molar-refractivity contribution in [3.63, 3.8) is 0 Å². The van der Waals surface area contributed by atoms with Gasteiger partial charge in [-0.2, -0.15) is 4.37 Å². The fourth-order valence-electron chi connectivity index (χ4n) is 2.69. The molecule has 0 radical (unpaired) electrons. The van der Waals surface area contributed by atoms with E-state index in [1.807, 2.05) is 13.8 Å². The predicted molar refractivity (Wildman–Crippen MR) is 86.4 cm³/mol. The fourth-order valence-corrected chi connectivity index (χ4v) is 3.41. The lowest BCUT2D eigenvalue weighted by Crippen LogP contribution is -2.47. The normalized spacial score (nSPS) is 17.7. The van der Waals surface area contributed by atoms with Gasteiger partial charge in [0.05, 0.1) is 6.04 Å². The number of H-pyrrole nitrogens is 1. The molecule has 22 heavy (non-hydrogen) atoms. The maximum absolute atomic E-state index is 11.6. The van der Waals surface area contributed by atoms with Crippen LogP contribution in [0.1, 0.15) is 30.3 Å². The van der Waals surface area contributed by atoms with Gasteiger partial charge in [-0.25, -0.2) is 9.97 Å². The van der Waals surface area contributed by atoms with Gasteiger partial charge in [-0.3, -0.25) is 9.69 Å². The maximum atomic E-state index is 11.6. The number of hydrogen-bond acceptors (Lipinski definition) is 7. The van der Waals surface area contributed by atoms with Gasteiger partial charge in [0.1, 0.15) is 11.6 Å². The van der Waals surface area contributed by atoms with E-state index in [-0.39, 0.29) is 11.6 Å². The molecule has 8 heteroatoms. The van der Waals surface area contributed by atoms with Gasteiger partial charge < -0.3 is 9.88 Å². The Morgan fingerprint density at radius 3 is 2.55 bits per heavy atom. The molecule has 0 spiro atoms. The molecule has 1 aliphatic rings. The Morgan fingerprint density at radius 2 is 1.95 bits per heavy atom. The summed E-state index contributed by atoms with van der Waals surface area (Å²) < 4.78 is 4.24. The first kappa shape index (κ1) is 15.1. The van der Waals surface area contributed by atoms with E-state index in [9.17, 15) is 4.79 Å². The fraction of sp³-hybridized carbons (Fsp3) is 0.571. The summed E-state index contributed by atoms with van der Waals surface area (Å²) in [6.07, 6.45) is 0. The van der Waals surface area contributed by atoms with E-state index < -0.39 is 0 Å². The van der Waals surface area contributed by atoms with Crippen LogP contribution in [-0.4, -0.2) is 50.4 Å². The van der Waals surface area contributed by atoms with Crippen LogP contribution in [0.15, 0.2) is 10.9 Å². The lowest BCUT2D eigenvalue weighted by molar-refractivity contribution is 0.191. The number of hydrogen-bond donors (Lipinski definition) is 1. The number of aryl methyl sites for hydroxylation is 2. The maximum Gasteiger partial charge on any atom is 0.251 e. The smallest absolute Gasteiger partial charge is 0.251 e. The Bertz CT molecular complexity index is 703. The van der Waals surface area contributed by atoms with E-state index in [1.165, 1.54) is 17.6 Å². The molecule has 0 saturated carbocycles. The van der Waals surface area contributed by atoms with Crippen molar-refractivity contribution in [3.05, 3.63) is 33.8 Å². The van der Waals surface area contributed by atoms with Crippen LogP contribution in [0, 0.1) is 13.8 Å². The van der Waals surface area contributed by atoms with Gasteiger partial charge in [0, 0.05) is 49.5 Å². The van der Waals surface area contributed by atoms with Crippen molar-refractivity contribution in [1.29, 1.82) is 0 Å². The summed E-state index contributed by atoms with van der Waals surface area (Å²) in [6.45, 7) is 9.50. The third-order valence-corrected chi connectivity index (χ3v) is 4.80. The molecule has 1 atom stereocenters. The highest BCUT2D eigenvalue weighted by atomic mass is 32.1. The van der Waals surface area contributed by atoms with Crippen molar-refractivity contribution in [2.24, 2.45) is 0 Å². The first-order chi connectivity index (χ1) is 10.5. The summed E-state index contributed by atoms with van der Waals surface area (Å²) in [4.78, 5) is 27.9. The highest BCUT2D eigenvalue weighted by molar-refractivity contribution is 7.09. The first-order valence-electron chi connectivity index (χ1n) is 7.40. The molecule has 1 N–H and O–H groups in total. The zero-order chi connectivity index (χ0) is 15.7. The Kier molecular flexibility index (Phi) is 4.21. The van der Waals surface area contributed by atoms with Gasteiger partial charge in [-0.1, -0.05) is 0 Å². The van der Waals surface area contributed by atoms with Gasteiger partial charge >= 0.3 is 0 Å². The number of aromatic nitrogens is 4. The molecule has 1 aliphatic heterocycles. The number of aromatic amines is 1. The number of piperazine rings is 1. The van der Waals surface area contributed by atoms with Crippen molar-refractivity contribution < 1.29 is 0 Å². The van der Waals surface area contributed by atoms with Crippen LogP contribution in [-0.2, 0) is 0 Å². The van der Waals surface area contributed by atoms with Crippen LogP contribution < -0.4 is 10.5 Å². The van der Waals surface area contributed by atoms with Crippen molar-refractivity contribution in [2.45, 2.75) is 26.8 Å². The molecule has 2 aromatic rings. The van der Waals surface area contributed by atoms with Gasteiger partial charge in [0.15, 0.2) is 0 Å². The summed E-state index contributed by atoms with van der Waals surface area (Å²) in [7, 11) is 0. The van der Waals surface area contributed by atoms with E-state index in [0.29, 0.717) is 0 Å². The zero-order valence-electron chi connectivity index (χ0n) is 13.0. The van der Waals surface area contributed by atoms with Crippen LogP contribution in [0.3, 0.4) is 0 Å². The molecular weight excluding hydrogens is 300 g/mol. The van der Waals surface area contributed by atoms with Crippen LogP contribution >= 0.6 is 11.5 Å². The number of rotatable bonds is 3. The summed E-state index contributed by atoms with van der Waals surface area (Å²) >= 11 is 1.45. The lowest BCUT2D eigenvalue weighted by atomic mass is 10.2. The SMILES string of the molecule is Cc1cc(=O)[nH]c([C@@H](C)N2CCN(c3nc(C)ns3)CC2)n1. The zero-order valence-corrected chi connectivity index (χ0v) is 13.9. The summed E-state index contributed by atoms with van der Waals surface area (Å²) in [5.41, 5.74) is 0.672. The van der Waals surface area contributed by atoms with Crippen molar-refractivity contribution in [3.8, 4) is 0 Å². The van der Waals surface area contributed by atoms with Gasteiger partial charge in [-0.05, 0) is 20.8 Å². The monoisotopic (exact) mass is 320 g/mol. The Morgan fingerprint density at radius 1 is 1.23 bits per heavy atom. The molecule has 1 saturated heterocycles. The standard InChI is InChI=1S/C14H20N6OS/c1-9-8-12(21)17-13(15-9)10(2)19-4-6-20(7-5-19)14-16-11(3)18-22-14/h8,10H,4-7H2,1-3H3,(H,15,17,21)/t10-/m1/s1. The summed E-state index contributed by atoms with van der Waals surface area (Å²) in [5, 5.41) is 0.992. The quantitative estimate of drug-likeness (QED) is 0.913. The first-order valence-corrected chi connectivity index (χ1v) is 8.17. The van der Waals surface area contributed by atoms with E-state index in [0.717, 1.165) is 48.7 Å². The second kappa shape index (κ2) is 6.13. The molecule has 0 aliphatic carbocycles. The predicted octanol–water partition coefficient (Wildman–Crippen LogP) is 1.12. The summed E-state index contributed by atoms with van der Waals surface area (Å²) in [5.74, 6) is 1.57. The number of nitrogens with one attached hydrogen (secondary N) is 1. The van der Waals surface area contributed by atoms with E-state index in [1.54, 1.807) is 0 Å². The Labute approximate surface area is 133 Å². The molecule has 0 aromatic carbocycles. The Hall–Kier alpha value is -1.80. The summed E-state index contributed by atoms with van der Waals surface area (Å²) in [6, 6.07) is 1.62. The third kappa shape index (κ3) is 3.17. The van der Waals surface area contributed by atoms with Crippen LogP contribution in [0.5, 0.6) is 0 Å². The molecule has 0 bridgehead atoms.